The first kappa shape index (κ1) is 35.3. The number of nitrogen functional groups attached to an aromatic ring is 1. The number of hydrogen-bond acceptors (Lipinski definition) is 11. The van der Waals surface area contributed by atoms with Gasteiger partial charge in [-0.1, -0.05) is 24.3 Å². The molecular formula is C38H37F2N9O4S. The molecule has 1 amide bonds. The third-order valence-electron chi connectivity index (χ3n) is 9.94. The predicted octanol–water partition coefficient (Wildman–Crippen LogP) is 4.49. The number of aromatic nitrogens is 5. The van der Waals surface area contributed by atoms with Crippen molar-refractivity contribution < 1.29 is 23.4 Å². The summed E-state index contributed by atoms with van der Waals surface area (Å²) in [5, 5.41) is 19.2. The second-order valence-corrected chi connectivity index (χ2v) is 14.6. The standard InChI is InChI=1S/C38H37F2N9O4S/c39-24-6-8-29(30(40)16-24)38(52,21-47-23-42-22-44-47)19-34(50)46-12-10-25(11-13-46)43-20-28-18-32-36(54-28)45-35(41)37(51)49(32)27-7-9-33-31(17-27)48(14-15-53-33)26-4-2-1-3-5-26/h1-9,16-18,22-23,25,43,52H,10-15,19-21H2,(H2,41,45)/t38-/m1/s1. The van der Waals surface area contributed by atoms with E-state index in [4.69, 9.17) is 10.5 Å². The summed E-state index contributed by atoms with van der Waals surface area (Å²) in [5.74, 6) is -1.45. The first-order chi connectivity index (χ1) is 26.1. The minimum atomic E-state index is -1.98. The summed E-state index contributed by atoms with van der Waals surface area (Å²) in [6.45, 7) is 2.32. The van der Waals surface area contributed by atoms with Gasteiger partial charge in [-0.15, -0.1) is 11.3 Å². The van der Waals surface area contributed by atoms with Crippen LogP contribution >= 0.6 is 11.3 Å². The van der Waals surface area contributed by atoms with Crippen LogP contribution < -0.4 is 26.2 Å². The Morgan fingerprint density at radius 3 is 2.61 bits per heavy atom. The molecule has 13 nitrogen and oxygen atoms in total. The molecule has 0 spiro atoms. The lowest BCUT2D eigenvalue weighted by Crippen LogP contribution is -2.47. The van der Waals surface area contributed by atoms with E-state index in [1.54, 1.807) is 9.47 Å². The van der Waals surface area contributed by atoms with Crippen molar-refractivity contribution in [2.75, 3.05) is 36.9 Å². The summed E-state index contributed by atoms with van der Waals surface area (Å²) < 4.78 is 37.4. The molecule has 1 saturated heterocycles. The number of piperidine rings is 1. The number of fused-ring (bicyclic) bond motifs is 2. The topological polar surface area (TPSA) is 157 Å². The molecule has 5 heterocycles. The Morgan fingerprint density at radius 1 is 1.04 bits per heavy atom. The fourth-order valence-corrected chi connectivity index (χ4v) is 8.21. The number of carbonyl (C=O) groups is 1. The number of nitrogens with two attached hydrogens (primary N) is 1. The Hall–Kier alpha value is -5.71. The van der Waals surface area contributed by atoms with Gasteiger partial charge in [-0.2, -0.15) is 5.10 Å². The number of nitrogens with zero attached hydrogens (tertiary/aromatic N) is 7. The number of hydrogen-bond donors (Lipinski definition) is 3. The van der Waals surface area contributed by atoms with Crippen LogP contribution in [0.15, 0.2) is 90.2 Å². The maximum Gasteiger partial charge on any atom is 0.298 e. The molecule has 16 heteroatoms. The van der Waals surface area contributed by atoms with Crippen LogP contribution in [0.3, 0.4) is 0 Å². The van der Waals surface area contributed by atoms with E-state index in [9.17, 15) is 23.5 Å². The number of halogens is 2. The number of para-hydroxylation sites is 1. The van der Waals surface area contributed by atoms with Gasteiger partial charge in [0, 0.05) is 47.9 Å². The zero-order valence-electron chi connectivity index (χ0n) is 29.1. The molecule has 0 aliphatic carbocycles. The Kier molecular flexibility index (Phi) is 9.56. The summed E-state index contributed by atoms with van der Waals surface area (Å²) >= 11 is 1.45. The van der Waals surface area contributed by atoms with Crippen molar-refractivity contribution in [3.63, 3.8) is 0 Å². The monoisotopic (exact) mass is 753 g/mol. The van der Waals surface area contributed by atoms with E-state index in [2.05, 4.69) is 25.3 Å². The van der Waals surface area contributed by atoms with Gasteiger partial charge in [0.25, 0.3) is 5.56 Å². The molecule has 1 fully saturated rings. The largest absolute Gasteiger partial charge is 0.490 e. The molecule has 54 heavy (non-hydrogen) atoms. The summed E-state index contributed by atoms with van der Waals surface area (Å²) in [4.78, 5) is 40.7. The maximum atomic E-state index is 14.9. The van der Waals surface area contributed by atoms with Crippen LogP contribution in [0.25, 0.3) is 16.0 Å². The van der Waals surface area contributed by atoms with E-state index in [0.717, 1.165) is 34.1 Å². The van der Waals surface area contributed by atoms with E-state index in [-0.39, 0.29) is 29.9 Å². The predicted molar refractivity (Wildman–Crippen MR) is 200 cm³/mol. The number of benzene rings is 3. The maximum absolute atomic E-state index is 14.9. The Balaban J connectivity index is 0.950. The van der Waals surface area contributed by atoms with Crippen LogP contribution in [0, 0.1) is 11.6 Å². The van der Waals surface area contributed by atoms with Crippen molar-refractivity contribution in [3.8, 4) is 11.4 Å². The van der Waals surface area contributed by atoms with Crippen LogP contribution in [-0.4, -0.2) is 72.5 Å². The van der Waals surface area contributed by atoms with Crippen LogP contribution in [0.2, 0.25) is 0 Å². The second-order valence-electron chi connectivity index (χ2n) is 13.5. The van der Waals surface area contributed by atoms with Gasteiger partial charge >= 0.3 is 0 Å². The Bertz CT molecular complexity index is 2360. The first-order valence-corrected chi connectivity index (χ1v) is 18.4. The average molecular weight is 754 g/mol. The van der Waals surface area contributed by atoms with Gasteiger partial charge in [-0.25, -0.2) is 23.4 Å². The van der Waals surface area contributed by atoms with Gasteiger partial charge in [-0.05, 0) is 55.3 Å². The van der Waals surface area contributed by atoms with Gasteiger partial charge in [0.2, 0.25) is 5.91 Å². The number of aliphatic hydroxyl groups is 1. The van der Waals surface area contributed by atoms with Crippen LogP contribution in [0.4, 0.5) is 26.0 Å². The molecule has 3 aromatic carbocycles. The van der Waals surface area contributed by atoms with E-state index < -0.39 is 29.2 Å². The van der Waals surface area contributed by atoms with Gasteiger partial charge in [0.05, 0.1) is 36.4 Å². The fourth-order valence-electron chi connectivity index (χ4n) is 7.23. The van der Waals surface area contributed by atoms with E-state index in [1.807, 2.05) is 54.6 Å². The Labute approximate surface area is 312 Å². The van der Waals surface area contributed by atoms with Crippen LogP contribution in [0.1, 0.15) is 29.7 Å². The molecule has 6 aromatic rings. The highest BCUT2D eigenvalue weighted by Crippen LogP contribution is 2.39. The average Bonchev–Trinajstić information content (AvgIpc) is 3.84. The zero-order valence-corrected chi connectivity index (χ0v) is 29.9. The third-order valence-corrected chi connectivity index (χ3v) is 11.0. The number of rotatable bonds is 10. The summed E-state index contributed by atoms with van der Waals surface area (Å²) in [5.41, 5.74) is 6.75. The van der Waals surface area contributed by atoms with Crippen LogP contribution in [0.5, 0.6) is 5.75 Å². The Morgan fingerprint density at radius 2 is 1.85 bits per heavy atom. The van der Waals surface area contributed by atoms with Gasteiger partial charge in [0.1, 0.15) is 47.1 Å². The number of nitrogens with one attached hydrogen (secondary N) is 1. The number of carbonyl (C=O) groups excluding carboxylic acids is 1. The highest BCUT2D eigenvalue weighted by molar-refractivity contribution is 7.18. The van der Waals surface area contributed by atoms with E-state index in [0.29, 0.717) is 67.7 Å². The molecular weight excluding hydrogens is 717 g/mol. The van der Waals surface area contributed by atoms with E-state index >= 15 is 0 Å². The molecule has 0 saturated carbocycles. The summed E-state index contributed by atoms with van der Waals surface area (Å²) in [7, 11) is 0. The number of amides is 1. The van der Waals surface area contributed by atoms with Crippen molar-refractivity contribution in [1.82, 2.24) is 34.5 Å². The molecule has 278 valence electrons. The lowest BCUT2D eigenvalue weighted by atomic mass is 9.88. The van der Waals surface area contributed by atoms with Crippen molar-refractivity contribution >= 4 is 44.8 Å². The molecule has 0 bridgehead atoms. The molecule has 0 unspecified atom stereocenters. The van der Waals surface area contributed by atoms with E-state index in [1.165, 1.54) is 28.7 Å². The number of thiophene rings is 1. The smallest absolute Gasteiger partial charge is 0.298 e. The van der Waals surface area contributed by atoms with Crippen molar-refractivity contribution in [1.29, 1.82) is 0 Å². The lowest BCUT2D eigenvalue weighted by Gasteiger charge is -2.35. The van der Waals surface area contributed by atoms with Gasteiger partial charge in [-0.3, -0.25) is 14.2 Å². The highest BCUT2D eigenvalue weighted by Gasteiger charge is 2.38. The SMILES string of the molecule is Nc1nc2sc(CNC3CCN(C(=O)C[C@@](O)(Cn4cncn4)c4ccc(F)cc4F)CC3)cc2n(-c2ccc3c(c2)N(c2ccccc2)CCO3)c1=O. The number of anilines is 3. The number of ether oxygens (including phenoxy) is 1. The minimum absolute atomic E-state index is 0.0904. The molecule has 0 radical (unpaired) electrons. The zero-order chi connectivity index (χ0) is 37.4. The highest BCUT2D eigenvalue weighted by atomic mass is 32.1. The third kappa shape index (κ3) is 7.02. The van der Waals surface area contributed by atoms with Crippen LogP contribution in [-0.2, 0) is 23.5 Å². The molecule has 2 aliphatic heterocycles. The lowest BCUT2D eigenvalue weighted by molar-refractivity contribution is -0.139. The second kappa shape index (κ2) is 14.6. The minimum Gasteiger partial charge on any atom is -0.490 e. The normalized spacial score (nSPS) is 15.9. The summed E-state index contributed by atoms with van der Waals surface area (Å²) in [6.07, 6.45) is 3.50. The quantitative estimate of drug-likeness (QED) is 0.182. The first-order valence-electron chi connectivity index (χ1n) is 17.6. The molecule has 2 aliphatic rings. The van der Waals surface area contributed by atoms with Crippen molar-refractivity contribution in [3.05, 3.63) is 118 Å². The van der Waals surface area contributed by atoms with Crippen molar-refractivity contribution in [2.24, 2.45) is 0 Å². The molecule has 4 N–H and O–H groups in total. The van der Waals surface area contributed by atoms with Gasteiger partial charge < -0.3 is 30.7 Å². The fraction of sp³-hybridized carbons (Fsp3) is 0.289. The molecule has 8 rings (SSSR count). The van der Waals surface area contributed by atoms with Gasteiger partial charge in [0.15, 0.2) is 5.82 Å². The summed E-state index contributed by atoms with van der Waals surface area (Å²) in [6, 6.07) is 20.6. The molecule has 3 aromatic heterocycles. The molecule has 1 atom stereocenters. The number of likely N-dealkylation sites (tertiary alicyclic amines) is 1. The van der Waals surface area contributed by atoms with Crippen molar-refractivity contribution in [2.45, 2.75) is 44.0 Å².